The topological polar surface area (TPSA) is 84.0 Å². The van der Waals surface area contributed by atoms with Crippen LogP contribution in [0.1, 0.15) is 31.4 Å². The Labute approximate surface area is 143 Å². The van der Waals surface area contributed by atoms with Gasteiger partial charge < -0.3 is 5.32 Å². The van der Waals surface area contributed by atoms with Crippen LogP contribution >= 0.6 is 0 Å². The van der Waals surface area contributed by atoms with Crippen LogP contribution in [0, 0.1) is 19.8 Å². The monoisotopic (exact) mass is 348 g/mol. The molecule has 0 spiro atoms. The lowest BCUT2D eigenvalue weighted by Crippen LogP contribution is -2.16. The molecule has 0 aliphatic heterocycles. The number of nitrogens with one attached hydrogen (secondary N) is 2. The summed E-state index contributed by atoms with van der Waals surface area (Å²) in [6, 6.07) is 8.64. The number of aromatic nitrogens is 2. The summed E-state index contributed by atoms with van der Waals surface area (Å²) in [6.45, 7) is 8.73. The van der Waals surface area contributed by atoms with Crippen molar-refractivity contribution in [3.8, 4) is 0 Å². The van der Waals surface area contributed by atoms with E-state index >= 15 is 0 Å². The zero-order chi connectivity index (χ0) is 17.7. The SMILES string of the molecule is Cc1ccc(C)c(S(=O)(=O)Nc2ccc(NCCC(C)C)nn2)c1. The van der Waals surface area contributed by atoms with Crippen LogP contribution in [0.25, 0.3) is 0 Å². The number of hydrogen-bond acceptors (Lipinski definition) is 5. The van der Waals surface area contributed by atoms with E-state index in [9.17, 15) is 8.42 Å². The molecule has 130 valence electrons. The number of sulfonamides is 1. The number of nitrogens with zero attached hydrogens (tertiary/aromatic N) is 2. The van der Waals surface area contributed by atoms with Crippen molar-refractivity contribution in [2.45, 2.75) is 39.0 Å². The van der Waals surface area contributed by atoms with Crippen molar-refractivity contribution in [1.29, 1.82) is 0 Å². The normalized spacial score (nSPS) is 11.5. The van der Waals surface area contributed by atoms with Crippen LogP contribution in [-0.2, 0) is 10.0 Å². The summed E-state index contributed by atoms with van der Waals surface area (Å²) in [5.74, 6) is 1.43. The lowest BCUT2D eigenvalue weighted by atomic mass is 10.1. The fraction of sp³-hybridized carbons (Fsp3) is 0.412. The maximum absolute atomic E-state index is 12.5. The Bertz CT molecular complexity index is 787. The van der Waals surface area contributed by atoms with Gasteiger partial charge in [-0.05, 0) is 55.5 Å². The van der Waals surface area contributed by atoms with E-state index in [1.54, 1.807) is 31.2 Å². The molecule has 1 aromatic carbocycles. The molecule has 2 rings (SSSR count). The van der Waals surface area contributed by atoms with Gasteiger partial charge in [-0.2, -0.15) is 0 Å². The third kappa shape index (κ3) is 4.92. The average Bonchev–Trinajstić information content (AvgIpc) is 2.51. The Kier molecular flexibility index (Phi) is 5.77. The minimum absolute atomic E-state index is 0.199. The highest BCUT2D eigenvalue weighted by Gasteiger charge is 2.17. The van der Waals surface area contributed by atoms with Gasteiger partial charge in [-0.3, -0.25) is 4.72 Å². The molecule has 0 bridgehead atoms. The largest absolute Gasteiger partial charge is 0.369 e. The average molecular weight is 348 g/mol. The molecule has 0 aliphatic rings. The van der Waals surface area contributed by atoms with Crippen LogP contribution in [0.4, 0.5) is 11.6 Å². The quantitative estimate of drug-likeness (QED) is 0.801. The molecule has 2 N–H and O–H groups in total. The molecule has 1 heterocycles. The lowest BCUT2D eigenvalue weighted by Gasteiger charge is -2.11. The Balaban J connectivity index is 2.08. The molecule has 6 nitrogen and oxygen atoms in total. The molecular weight excluding hydrogens is 324 g/mol. The first-order valence-electron chi connectivity index (χ1n) is 7.95. The minimum Gasteiger partial charge on any atom is -0.369 e. The minimum atomic E-state index is -3.68. The summed E-state index contributed by atoms with van der Waals surface area (Å²) < 4.78 is 27.5. The van der Waals surface area contributed by atoms with Gasteiger partial charge in [-0.1, -0.05) is 26.0 Å². The van der Waals surface area contributed by atoms with Gasteiger partial charge in [0, 0.05) is 6.54 Å². The Morgan fingerprint density at radius 3 is 2.33 bits per heavy atom. The standard InChI is InChI=1S/C17H24N4O2S/c1-12(2)9-10-18-16-7-8-17(20-19-16)21-24(22,23)15-11-13(3)5-6-14(15)4/h5-8,11-12H,9-10H2,1-4H3,(H,18,19)(H,20,21). The molecule has 7 heteroatoms. The van der Waals surface area contributed by atoms with Crippen LogP contribution in [0.5, 0.6) is 0 Å². The van der Waals surface area contributed by atoms with E-state index in [0.717, 1.165) is 18.5 Å². The summed E-state index contributed by atoms with van der Waals surface area (Å²) in [7, 11) is -3.68. The highest BCUT2D eigenvalue weighted by Crippen LogP contribution is 2.19. The number of hydrogen-bond donors (Lipinski definition) is 2. The van der Waals surface area contributed by atoms with E-state index in [4.69, 9.17) is 0 Å². The smallest absolute Gasteiger partial charge is 0.263 e. The predicted octanol–water partition coefficient (Wildman–Crippen LogP) is 3.35. The Morgan fingerprint density at radius 2 is 1.71 bits per heavy atom. The van der Waals surface area contributed by atoms with Crippen LogP contribution in [0.15, 0.2) is 35.2 Å². The van der Waals surface area contributed by atoms with Gasteiger partial charge in [0.2, 0.25) is 0 Å². The summed E-state index contributed by atoms with van der Waals surface area (Å²) in [5.41, 5.74) is 1.57. The van der Waals surface area contributed by atoms with Crippen molar-refractivity contribution >= 4 is 21.7 Å². The van der Waals surface area contributed by atoms with Gasteiger partial charge in [0.15, 0.2) is 5.82 Å². The first-order valence-corrected chi connectivity index (χ1v) is 9.44. The number of benzene rings is 1. The zero-order valence-electron chi connectivity index (χ0n) is 14.5. The van der Waals surface area contributed by atoms with Crippen LogP contribution in [-0.4, -0.2) is 25.2 Å². The van der Waals surface area contributed by atoms with E-state index in [-0.39, 0.29) is 10.7 Å². The molecular formula is C17H24N4O2S. The van der Waals surface area contributed by atoms with E-state index in [0.29, 0.717) is 17.3 Å². The Morgan fingerprint density at radius 1 is 1.04 bits per heavy atom. The van der Waals surface area contributed by atoms with Crippen molar-refractivity contribution < 1.29 is 8.42 Å². The second-order valence-electron chi connectivity index (χ2n) is 6.29. The zero-order valence-corrected chi connectivity index (χ0v) is 15.3. The highest BCUT2D eigenvalue weighted by molar-refractivity contribution is 7.92. The van der Waals surface area contributed by atoms with Gasteiger partial charge in [0.05, 0.1) is 4.90 Å². The molecule has 0 saturated heterocycles. The van der Waals surface area contributed by atoms with E-state index in [2.05, 4.69) is 34.1 Å². The maximum atomic E-state index is 12.5. The third-order valence-corrected chi connectivity index (χ3v) is 5.06. The fourth-order valence-corrected chi connectivity index (χ4v) is 3.49. The molecule has 0 aliphatic carbocycles. The number of rotatable bonds is 7. The van der Waals surface area contributed by atoms with Crippen LogP contribution in [0.2, 0.25) is 0 Å². The van der Waals surface area contributed by atoms with E-state index in [1.165, 1.54) is 0 Å². The molecule has 0 fully saturated rings. The molecule has 0 amide bonds. The first-order chi connectivity index (χ1) is 11.3. The Hall–Kier alpha value is -2.15. The molecule has 0 radical (unpaired) electrons. The summed E-state index contributed by atoms with van der Waals surface area (Å²) in [4.78, 5) is 0.253. The van der Waals surface area contributed by atoms with Crippen molar-refractivity contribution in [3.63, 3.8) is 0 Å². The van der Waals surface area contributed by atoms with Gasteiger partial charge in [-0.25, -0.2) is 8.42 Å². The van der Waals surface area contributed by atoms with Gasteiger partial charge in [-0.15, -0.1) is 10.2 Å². The molecule has 0 atom stereocenters. The second-order valence-corrected chi connectivity index (χ2v) is 7.94. The van der Waals surface area contributed by atoms with Crippen LogP contribution in [0.3, 0.4) is 0 Å². The first kappa shape index (κ1) is 18.2. The fourth-order valence-electron chi connectivity index (χ4n) is 2.16. The molecule has 0 saturated carbocycles. The predicted molar refractivity (Wildman–Crippen MR) is 96.7 cm³/mol. The molecule has 24 heavy (non-hydrogen) atoms. The lowest BCUT2D eigenvalue weighted by molar-refractivity contribution is 0.600. The number of anilines is 2. The van der Waals surface area contributed by atoms with Gasteiger partial charge >= 0.3 is 0 Å². The number of aryl methyl sites for hydroxylation is 2. The van der Waals surface area contributed by atoms with E-state index in [1.807, 2.05) is 13.0 Å². The second kappa shape index (κ2) is 7.61. The summed E-state index contributed by atoms with van der Waals surface area (Å²) in [6.07, 6.45) is 1.03. The third-order valence-electron chi connectivity index (χ3n) is 3.56. The maximum Gasteiger partial charge on any atom is 0.263 e. The molecule has 0 unspecified atom stereocenters. The van der Waals surface area contributed by atoms with Crippen molar-refractivity contribution in [1.82, 2.24) is 10.2 Å². The summed E-state index contributed by atoms with van der Waals surface area (Å²) in [5, 5.41) is 11.1. The molecule has 2 aromatic rings. The summed E-state index contributed by atoms with van der Waals surface area (Å²) >= 11 is 0. The molecule has 1 aromatic heterocycles. The van der Waals surface area contributed by atoms with Crippen molar-refractivity contribution in [2.24, 2.45) is 5.92 Å². The van der Waals surface area contributed by atoms with Gasteiger partial charge in [0.25, 0.3) is 10.0 Å². The van der Waals surface area contributed by atoms with Gasteiger partial charge in [0.1, 0.15) is 5.82 Å². The highest BCUT2D eigenvalue weighted by atomic mass is 32.2. The van der Waals surface area contributed by atoms with E-state index < -0.39 is 10.0 Å². The van der Waals surface area contributed by atoms with Crippen molar-refractivity contribution in [2.75, 3.05) is 16.6 Å². The van der Waals surface area contributed by atoms with Crippen molar-refractivity contribution in [3.05, 3.63) is 41.5 Å². The van der Waals surface area contributed by atoms with Crippen LogP contribution < -0.4 is 10.0 Å².